The molecule has 0 aliphatic carbocycles. The molecule has 0 saturated carbocycles. The van der Waals surface area contributed by atoms with Crippen molar-refractivity contribution in [3.63, 3.8) is 0 Å². The lowest BCUT2D eigenvalue weighted by Gasteiger charge is -2.40. The molecular weight excluding hydrogens is 316 g/mol. The predicted molar refractivity (Wildman–Crippen MR) is 90.9 cm³/mol. The molecular formula is C17H25ClN2O3. The molecule has 0 atom stereocenters. The van der Waals surface area contributed by atoms with E-state index in [9.17, 15) is 9.90 Å². The lowest BCUT2D eigenvalue weighted by atomic mass is 9.77. The first-order valence-electron chi connectivity index (χ1n) is 7.99. The molecule has 5 nitrogen and oxygen atoms in total. The maximum absolute atomic E-state index is 12.3. The molecule has 1 aromatic carbocycles. The van der Waals surface area contributed by atoms with Crippen LogP contribution in [-0.2, 0) is 6.54 Å². The number of hydrogen-bond acceptors (Lipinski definition) is 3. The summed E-state index contributed by atoms with van der Waals surface area (Å²) in [4.78, 5) is 14.1. The van der Waals surface area contributed by atoms with Crippen LogP contribution >= 0.6 is 11.6 Å². The summed E-state index contributed by atoms with van der Waals surface area (Å²) in [5.41, 5.74) is 0.916. The molecule has 128 valence electrons. The molecule has 2 N–H and O–H groups in total. The van der Waals surface area contributed by atoms with Crippen LogP contribution in [-0.4, -0.2) is 42.8 Å². The Hall–Kier alpha value is -1.46. The van der Waals surface area contributed by atoms with Crippen molar-refractivity contribution in [1.82, 2.24) is 10.2 Å². The monoisotopic (exact) mass is 340 g/mol. The van der Waals surface area contributed by atoms with Gasteiger partial charge in [0.2, 0.25) is 0 Å². The van der Waals surface area contributed by atoms with E-state index in [2.05, 4.69) is 12.2 Å². The summed E-state index contributed by atoms with van der Waals surface area (Å²) in [6.07, 6.45) is 2.65. The van der Waals surface area contributed by atoms with Gasteiger partial charge in [-0.1, -0.05) is 24.6 Å². The van der Waals surface area contributed by atoms with Crippen LogP contribution in [0, 0.1) is 5.41 Å². The zero-order valence-corrected chi connectivity index (χ0v) is 14.5. The van der Waals surface area contributed by atoms with Crippen molar-refractivity contribution < 1.29 is 14.6 Å². The van der Waals surface area contributed by atoms with Crippen LogP contribution in [0.5, 0.6) is 5.75 Å². The summed E-state index contributed by atoms with van der Waals surface area (Å²) in [7, 11) is 1.57. The molecule has 0 spiro atoms. The van der Waals surface area contributed by atoms with Gasteiger partial charge in [0.1, 0.15) is 5.75 Å². The number of hydrogen-bond donors (Lipinski definition) is 2. The van der Waals surface area contributed by atoms with Crippen LogP contribution in [0.15, 0.2) is 18.2 Å². The molecule has 1 saturated heterocycles. The summed E-state index contributed by atoms with van der Waals surface area (Å²) in [6.45, 7) is 4.09. The molecule has 1 heterocycles. The Labute approximate surface area is 142 Å². The minimum Gasteiger partial charge on any atom is -0.495 e. The number of aliphatic hydroxyl groups excluding tert-OH is 1. The fourth-order valence-corrected chi connectivity index (χ4v) is 3.20. The van der Waals surface area contributed by atoms with Crippen LogP contribution in [0.3, 0.4) is 0 Å². The lowest BCUT2D eigenvalue weighted by Crippen LogP contribution is -2.48. The van der Waals surface area contributed by atoms with Gasteiger partial charge in [-0.15, -0.1) is 0 Å². The molecule has 2 amide bonds. The molecule has 2 rings (SSSR count). The second-order valence-corrected chi connectivity index (χ2v) is 6.53. The number of benzene rings is 1. The number of rotatable bonds is 5. The van der Waals surface area contributed by atoms with E-state index in [-0.39, 0.29) is 18.1 Å². The van der Waals surface area contributed by atoms with E-state index in [1.807, 2.05) is 11.0 Å². The summed E-state index contributed by atoms with van der Waals surface area (Å²) < 4.78 is 5.11. The van der Waals surface area contributed by atoms with E-state index in [0.29, 0.717) is 30.4 Å². The summed E-state index contributed by atoms with van der Waals surface area (Å²) in [5, 5.41) is 13.0. The van der Waals surface area contributed by atoms with E-state index in [1.165, 1.54) is 0 Å². The smallest absolute Gasteiger partial charge is 0.317 e. The zero-order valence-electron chi connectivity index (χ0n) is 13.8. The Balaban J connectivity index is 1.85. The first kappa shape index (κ1) is 17.9. The largest absolute Gasteiger partial charge is 0.495 e. The van der Waals surface area contributed by atoms with Gasteiger partial charge >= 0.3 is 6.03 Å². The van der Waals surface area contributed by atoms with Crippen molar-refractivity contribution in [3.8, 4) is 5.75 Å². The summed E-state index contributed by atoms with van der Waals surface area (Å²) >= 11 is 6.09. The number of likely N-dealkylation sites (tertiary alicyclic amines) is 1. The molecule has 1 aliphatic heterocycles. The normalized spacial score (nSPS) is 17.0. The second-order valence-electron chi connectivity index (χ2n) is 6.13. The number of carbonyl (C=O) groups is 1. The molecule has 0 aromatic heterocycles. The van der Waals surface area contributed by atoms with Gasteiger partial charge in [-0.05, 0) is 42.4 Å². The predicted octanol–water partition coefficient (Wildman–Crippen LogP) is 3.04. The van der Waals surface area contributed by atoms with Crippen molar-refractivity contribution in [2.45, 2.75) is 32.7 Å². The number of carbonyl (C=O) groups excluding carboxylic acids is 1. The average Bonchev–Trinajstić information content (AvgIpc) is 2.60. The van der Waals surface area contributed by atoms with Gasteiger partial charge in [-0.2, -0.15) is 0 Å². The van der Waals surface area contributed by atoms with Crippen LogP contribution in [0.25, 0.3) is 0 Å². The van der Waals surface area contributed by atoms with E-state index in [1.54, 1.807) is 19.2 Å². The van der Waals surface area contributed by atoms with Crippen LogP contribution < -0.4 is 10.1 Å². The molecule has 6 heteroatoms. The molecule has 1 aliphatic rings. The Bertz CT molecular complexity index is 537. The second kappa shape index (κ2) is 7.88. The van der Waals surface area contributed by atoms with Crippen molar-refractivity contribution in [2.75, 3.05) is 26.8 Å². The van der Waals surface area contributed by atoms with Gasteiger partial charge < -0.3 is 20.1 Å². The number of nitrogens with one attached hydrogen (secondary N) is 1. The van der Waals surface area contributed by atoms with Gasteiger partial charge in [-0.25, -0.2) is 4.79 Å². The highest BCUT2D eigenvalue weighted by Gasteiger charge is 2.33. The molecule has 0 radical (unpaired) electrons. The Kier molecular flexibility index (Phi) is 6.13. The Morgan fingerprint density at radius 3 is 2.65 bits per heavy atom. The quantitative estimate of drug-likeness (QED) is 0.866. The number of urea groups is 1. The van der Waals surface area contributed by atoms with Crippen molar-refractivity contribution in [1.29, 1.82) is 0 Å². The van der Waals surface area contributed by atoms with Crippen molar-refractivity contribution in [3.05, 3.63) is 28.8 Å². The minimum atomic E-state index is -0.0698. The van der Waals surface area contributed by atoms with E-state index in [0.717, 1.165) is 24.8 Å². The summed E-state index contributed by atoms with van der Waals surface area (Å²) in [6, 6.07) is 5.40. The van der Waals surface area contributed by atoms with Gasteiger partial charge in [0.15, 0.2) is 0 Å². The average molecular weight is 341 g/mol. The Morgan fingerprint density at radius 1 is 1.43 bits per heavy atom. The molecule has 1 aromatic rings. The standard InChI is InChI=1S/C17H25ClN2O3/c1-3-17(12-21)6-8-20(9-7-17)16(22)19-11-13-4-5-15(23-2)14(18)10-13/h4-5,10,21H,3,6-9,11-12H2,1-2H3,(H,19,22). The SMILES string of the molecule is CCC1(CO)CCN(C(=O)NCc2ccc(OC)c(Cl)c2)CC1. The summed E-state index contributed by atoms with van der Waals surface area (Å²) in [5.74, 6) is 0.623. The molecule has 23 heavy (non-hydrogen) atoms. The third-order valence-corrected chi connectivity index (χ3v) is 5.15. The lowest BCUT2D eigenvalue weighted by molar-refractivity contribution is 0.0519. The fraction of sp³-hybridized carbons (Fsp3) is 0.588. The number of methoxy groups -OCH3 is 1. The molecule has 1 fully saturated rings. The number of amides is 2. The number of aliphatic hydroxyl groups is 1. The number of nitrogens with zero attached hydrogens (tertiary/aromatic N) is 1. The van der Waals surface area contributed by atoms with E-state index in [4.69, 9.17) is 16.3 Å². The van der Waals surface area contributed by atoms with Crippen LogP contribution in [0.2, 0.25) is 5.02 Å². The van der Waals surface area contributed by atoms with Gasteiger partial charge in [-0.3, -0.25) is 0 Å². The topological polar surface area (TPSA) is 61.8 Å². The number of halogens is 1. The van der Waals surface area contributed by atoms with Gasteiger partial charge in [0, 0.05) is 26.2 Å². The third kappa shape index (κ3) is 4.30. The van der Waals surface area contributed by atoms with Gasteiger partial charge in [0.25, 0.3) is 0 Å². The van der Waals surface area contributed by atoms with E-state index < -0.39 is 0 Å². The minimum absolute atomic E-state index is 0.0136. The number of ether oxygens (including phenoxy) is 1. The fourth-order valence-electron chi connectivity index (χ4n) is 2.92. The Morgan fingerprint density at radius 2 is 2.13 bits per heavy atom. The highest BCUT2D eigenvalue weighted by atomic mass is 35.5. The molecule has 0 bridgehead atoms. The van der Waals surface area contributed by atoms with Gasteiger partial charge in [0.05, 0.1) is 12.1 Å². The highest BCUT2D eigenvalue weighted by Crippen LogP contribution is 2.34. The van der Waals surface area contributed by atoms with Crippen LogP contribution in [0.1, 0.15) is 31.7 Å². The highest BCUT2D eigenvalue weighted by molar-refractivity contribution is 6.32. The van der Waals surface area contributed by atoms with E-state index >= 15 is 0 Å². The first-order valence-corrected chi connectivity index (χ1v) is 8.37. The third-order valence-electron chi connectivity index (χ3n) is 4.86. The first-order chi connectivity index (χ1) is 11.0. The van der Waals surface area contributed by atoms with Crippen molar-refractivity contribution in [2.24, 2.45) is 5.41 Å². The van der Waals surface area contributed by atoms with Crippen molar-refractivity contribution >= 4 is 17.6 Å². The maximum Gasteiger partial charge on any atom is 0.317 e. The zero-order chi connectivity index (χ0) is 16.9. The van der Waals surface area contributed by atoms with Crippen LogP contribution in [0.4, 0.5) is 4.79 Å². The molecule has 0 unspecified atom stereocenters. The number of piperidine rings is 1. The maximum atomic E-state index is 12.3.